The average molecular weight is 286 g/mol. The minimum atomic E-state index is -0.431. The van der Waals surface area contributed by atoms with Gasteiger partial charge in [-0.15, -0.1) is 5.11 Å². The molecule has 0 fully saturated rings. The number of aryl methyl sites for hydroxylation is 1. The van der Waals surface area contributed by atoms with Crippen LogP contribution in [0.3, 0.4) is 0 Å². The second-order valence-corrected chi connectivity index (χ2v) is 4.36. The zero-order chi connectivity index (χ0) is 15.4. The largest absolute Gasteiger partial charge is 0.494 e. The van der Waals surface area contributed by atoms with E-state index in [2.05, 4.69) is 10.2 Å². The van der Waals surface area contributed by atoms with Crippen LogP contribution in [0.4, 0.5) is 22.7 Å². The molecule has 0 aliphatic heterocycles. The number of nitrogens with two attached hydrogens (primary N) is 1. The van der Waals surface area contributed by atoms with Crippen molar-refractivity contribution in [2.45, 2.75) is 6.92 Å². The molecular formula is C14H14N4O3. The highest BCUT2D eigenvalue weighted by atomic mass is 16.6. The van der Waals surface area contributed by atoms with Crippen LogP contribution >= 0.6 is 0 Å². The number of hydrogen-bond acceptors (Lipinski definition) is 6. The van der Waals surface area contributed by atoms with Gasteiger partial charge in [0.25, 0.3) is 5.69 Å². The number of nitrogens with zero attached hydrogens (tertiary/aromatic N) is 3. The Labute approximate surface area is 121 Å². The van der Waals surface area contributed by atoms with Gasteiger partial charge in [0.05, 0.1) is 17.7 Å². The summed E-state index contributed by atoms with van der Waals surface area (Å²) >= 11 is 0. The minimum absolute atomic E-state index is 0.0546. The Balaban J connectivity index is 2.29. The Morgan fingerprint density at radius 2 is 1.95 bits per heavy atom. The second kappa shape index (κ2) is 6.00. The molecule has 7 heteroatoms. The van der Waals surface area contributed by atoms with E-state index in [1.807, 2.05) is 0 Å². The van der Waals surface area contributed by atoms with Gasteiger partial charge >= 0.3 is 0 Å². The fourth-order valence-corrected chi connectivity index (χ4v) is 1.80. The lowest BCUT2D eigenvalue weighted by Crippen LogP contribution is -1.90. The summed E-state index contributed by atoms with van der Waals surface area (Å²) < 4.78 is 5.17. The zero-order valence-corrected chi connectivity index (χ0v) is 11.6. The molecule has 2 aromatic carbocycles. The highest BCUT2D eigenvalue weighted by molar-refractivity contribution is 5.59. The number of nitro benzene ring substituents is 1. The maximum atomic E-state index is 10.8. The number of hydrogen-bond donors (Lipinski definition) is 1. The van der Waals surface area contributed by atoms with Crippen molar-refractivity contribution >= 4 is 22.7 Å². The van der Waals surface area contributed by atoms with E-state index in [0.717, 1.165) is 0 Å². The molecule has 2 rings (SSSR count). The fraction of sp³-hybridized carbons (Fsp3) is 0.143. The summed E-state index contributed by atoms with van der Waals surface area (Å²) in [6.07, 6.45) is 0. The van der Waals surface area contributed by atoms with E-state index in [4.69, 9.17) is 10.5 Å². The molecule has 21 heavy (non-hydrogen) atoms. The van der Waals surface area contributed by atoms with Gasteiger partial charge in [-0.1, -0.05) is 0 Å². The van der Waals surface area contributed by atoms with Crippen molar-refractivity contribution < 1.29 is 9.66 Å². The molecule has 0 heterocycles. The quantitative estimate of drug-likeness (QED) is 0.398. The molecular weight excluding hydrogens is 272 g/mol. The van der Waals surface area contributed by atoms with Gasteiger partial charge in [0.2, 0.25) is 0 Å². The zero-order valence-electron chi connectivity index (χ0n) is 11.6. The van der Waals surface area contributed by atoms with Gasteiger partial charge in [-0.3, -0.25) is 10.1 Å². The van der Waals surface area contributed by atoms with Crippen LogP contribution in [0.25, 0.3) is 0 Å². The number of methoxy groups -OCH3 is 1. The van der Waals surface area contributed by atoms with Gasteiger partial charge in [0.1, 0.15) is 11.4 Å². The SMILES string of the molecule is COc1cc(N)ccc1N=Nc1ccc([N+](=O)[O-])c(C)c1. The lowest BCUT2D eigenvalue weighted by atomic mass is 10.2. The number of ether oxygens (including phenoxy) is 1. The third-order valence-electron chi connectivity index (χ3n) is 2.85. The van der Waals surface area contributed by atoms with E-state index in [0.29, 0.717) is 28.4 Å². The first-order chi connectivity index (χ1) is 10.0. The first-order valence-electron chi connectivity index (χ1n) is 6.11. The summed E-state index contributed by atoms with van der Waals surface area (Å²) in [4.78, 5) is 10.3. The van der Waals surface area contributed by atoms with Crippen LogP contribution in [-0.2, 0) is 0 Å². The highest BCUT2D eigenvalue weighted by Crippen LogP contribution is 2.31. The van der Waals surface area contributed by atoms with E-state index in [-0.39, 0.29) is 5.69 Å². The molecule has 0 radical (unpaired) electrons. The maximum Gasteiger partial charge on any atom is 0.272 e. The molecule has 0 saturated carbocycles. The lowest BCUT2D eigenvalue weighted by molar-refractivity contribution is -0.385. The van der Waals surface area contributed by atoms with Crippen molar-refractivity contribution in [1.29, 1.82) is 0 Å². The molecule has 0 atom stereocenters. The standard InChI is InChI=1S/C14H14N4O3/c1-9-7-11(4-6-13(9)18(19)20)16-17-12-5-3-10(15)8-14(12)21-2/h3-8H,15H2,1-2H3. The molecule has 0 bridgehead atoms. The molecule has 0 saturated heterocycles. The molecule has 2 N–H and O–H groups in total. The lowest BCUT2D eigenvalue weighted by Gasteiger charge is -2.04. The Morgan fingerprint density at radius 3 is 2.57 bits per heavy atom. The summed E-state index contributed by atoms with van der Waals surface area (Å²) in [6, 6.07) is 9.58. The van der Waals surface area contributed by atoms with E-state index in [1.165, 1.54) is 13.2 Å². The van der Waals surface area contributed by atoms with Gasteiger partial charge < -0.3 is 10.5 Å². The van der Waals surface area contributed by atoms with Crippen LogP contribution < -0.4 is 10.5 Å². The Bertz CT molecular complexity index is 713. The number of nitrogen functional groups attached to an aromatic ring is 1. The van der Waals surface area contributed by atoms with Crippen LogP contribution in [0.1, 0.15) is 5.56 Å². The van der Waals surface area contributed by atoms with Crippen LogP contribution in [0.2, 0.25) is 0 Å². The molecule has 0 aromatic heterocycles. The Hall–Kier alpha value is -2.96. The number of rotatable bonds is 4. The third-order valence-corrected chi connectivity index (χ3v) is 2.85. The summed E-state index contributed by atoms with van der Waals surface area (Å²) in [7, 11) is 1.52. The Kier molecular flexibility index (Phi) is 4.13. The van der Waals surface area contributed by atoms with E-state index in [1.54, 1.807) is 37.3 Å². The molecule has 108 valence electrons. The normalized spacial score (nSPS) is 10.8. The predicted octanol–water partition coefficient (Wildman–Crippen LogP) is 3.91. The summed E-state index contributed by atoms with van der Waals surface area (Å²) in [5.74, 6) is 0.511. The smallest absolute Gasteiger partial charge is 0.272 e. The highest BCUT2D eigenvalue weighted by Gasteiger charge is 2.10. The predicted molar refractivity (Wildman–Crippen MR) is 79.4 cm³/mol. The third kappa shape index (κ3) is 3.33. The van der Waals surface area contributed by atoms with Gasteiger partial charge in [-0.2, -0.15) is 5.11 Å². The monoisotopic (exact) mass is 286 g/mol. The maximum absolute atomic E-state index is 10.8. The van der Waals surface area contributed by atoms with E-state index >= 15 is 0 Å². The number of azo groups is 1. The van der Waals surface area contributed by atoms with E-state index in [9.17, 15) is 10.1 Å². The van der Waals surface area contributed by atoms with Gasteiger partial charge in [0, 0.05) is 23.4 Å². The summed E-state index contributed by atoms with van der Waals surface area (Å²) in [5.41, 5.74) is 7.86. The van der Waals surface area contributed by atoms with Gasteiger partial charge in [-0.05, 0) is 31.2 Å². The molecule has 7 nitrogen and oxygen atoms in total. The van der Waals surface area contributed by atoms with Gasteiger partial charge in [0.15, 0.2) is 0 Å². The first-order valence-corrected chi connectivity index (χ1v) is 6.11. The molecule has 0 aliphatic carbocycles. The van der Waals surface area contributed by atoms with Crippen molar-refractivity contribution in [3.05, 3.63) is 52.1 Å². The number of anilines is 1. The molecule has 0 amide bonds. The molecule has 0 aliphatic rings. The number of benzene rings is 2. The van der Waals surface area contributed by atoms with E-state index < -0.39 is 4.92 Å². The van der Waals surface area contributed by atoms with Crippen molar-refractivity contribution in [3.8, 4) is 5.75 Å². The molecule has 0 spiro atoms. The Morgan fingerprint density at radius 1 is 1.19 bits per heavy atom. The van der Waals surface area contributed by atoms with Crippen molar-refractivity contribution in [1.82, 2.24) is 0 Å². The summed E-state index contributed by atoms with van der Waals surface area (Å²) in [6.45, 7) is 1.65. The average Bonchev–Trinajstić information content (AvgIpc) is 2.45. The minimum Gasteiger partial charge on any atom is -0.494 e. The van der Waals surface area contributed by atoms with Crippen LogP contribution in [0.15, 0.2) is 46.6 Å². The van der Waals surface area contributed by atoms with Crippen LogP contribution in [0, 0.1) is 17.0 Å². The fourth-order valence-electron chi connectivity index (χ4n) is 1.80. The second-order valence-electron chi connectivity index (χ2n) is 4.36. The molecule has 2 aromatic rings. The topological polar surface area (TPSA) is 103 Å². The number of nitro groups is 1. The first kappa shape index (κ1) is 14.4. The van der Waals surface area contributed by atoms with Crippen LogP contribution in [0.5, 0.6) is 5.75 Å². The van der Waals surface area contributed by atoms with Crippen molar-refractivity contribution in [2.24, 2.45) is 10.2 Å². The molecule has 0 unspecified atom stereocenters. The van der Waals surface area contributed by atoms with Crippen LogP contribution in [-0.4, -0.2) is 12.0 Å². The van der Waals surface area contributed by atoms with Gasteiger partial charge in [-0.25, -0.2) is 0 Å². The summed E-state index contributed by atoms with van der Waals surface area (Å²) in [5, 5.41) is 18.9. The van der Waals surface area contributed by atoms with Crippen molar-refractivity contribution in [3.63, 3.8) is 0 Å². The van der Waals surface area contributed by atoms with Crippen molar-refractivity contribution in [2.75, 3.05) is 12.8 Å².